The summed E-state index contributed by atoms with van der Waals surface area (Å²) in [6.45, 7) is 4.10. The zero-order valence-electron chi connectivity index (χ0n) is 20.7. The molecule has 0 spiro atoms. The van der Waals surface area contributed by atoms with Crippen molar-refractivity contribution in [3.05, 3.63) is 102 Å². The van der Waals surface area contributed by atoms with E-state index in [1.165, 1.54) is 11.1 Å². The minimum absolute atomic E-state index is 0.0173. The van der Waals surface area contributed by atoms with Gasteiger partial charge in [0.2, 0.25) is 0 Å². The number of aryl methyl sites for hydroxylation is 1. The molecule has 0 radical (unpaired) electrons. The number of phenols is 1. The Balaban J connectivity index is 1.55. The van der Waals surface area contributed by atoms with Gasteiger partial charge in [0.1, 0.15) is 17.4 Å². The molecule has 2 aliphatic rings. The number of hydrogen-bond acceptors (Lipinski definition) is 4. The quantitative estimate of drug-likeness (QED) is 0.360. The summed E-state index contributed by atoms with van der Waals surface area (Å²) in [5.41, 5.74) is 7.51. The number of ketones is 1. The van der Waals surface area contributed by atoms with E-state index < -0.39 is 0 Å². The number of aromatic nitrogens is 2. The predicted molar refractivity (Wildman–Crippen MR) is 142 cm³/mol. The third kappa shape index (κ3) is 3.55. The van der Waals surface area contributed by atoms with Gasteiger partial charge in [-0.1, -0.05) is 67.6 Å². The summed E-state index contributed by atoms with van der Waals surface area (Å²) in [5, 5.41) is 9.71. The summed E-state index contributed by atoms with van der Waals surface area (Å²) in [7, 11) is 0. The number of fused-ring (bicyclic) bond motifs is 3. The van der Waals surface area contributed by atoms with E-state index in [9.17, 15) is 9.90 Å². The average Bonchev–Trinajstić information content (AvgIpc) is 2.91. The van der Waals surface area contributed by atoms with Crippen molar-refractivity contribution < 1.29 is 9.90 Å². The van der Waals surface area contributed by atoms with Gasteiger partial charge in [-0.3, -0.25) is 4.79 Å². The lowest BCUT2D eigenvalue weighted by atomic mass is 9.52. The maximum absolute atomic E-state index is 12.8. The van der Waals surface area contributed by atoms with E-state index in [1.54, 1.807) is 12.1 Å². The zero-order chi connectivity index (χ0) is 24.9. The number of rotatable bonds is 3. The highest BCUT2D eigenvalue weighted by Crippen LogP contribution is 2.55. The largest absolute Gasteiger partial charge is 0.508 e. The Morgan fingerprint density at radius 1 is 0.861 bits per heavy atom. The fraction of sp³-hybridized carbons (Fsp3) is 0.281. The lowest BCUT2D eigenvalue weighted by Crippen LogP contribution is -2.50. The maximum Gasteiger partial charge on any atom is 0.136 e. The highest BCUT2D eigenvalue weighted by Gasteiger charge is 2.53. The van der Waals surface area contributed by atoms with E-state index in [-0.39, 0.29) is 23.0 Å². The molecule has 4 heteroatoms. The fourth-order valence-corrected chi connectivity index (χ4v) is 6.65. The average molecular weight is 475 g/mol. The molecule has 1 saturated carbocycles. The Kier molecular flexibility index (Phi) is 5.48. The molecule has 1 N–H and O–H groups in total. The summed E-state index contributed by atoms with van der Waals surface area (Å²) >= 11 is 0. The molecule has 0 bridgehead atoms. The molecular formula is C32H30N2O2. The van der Waals surface area contributed by atoms with Gasteiger partial charge in [-0.25, -0.2) is 9.97 Å². The summed E-state index contributed by atoms with van der Waals surface area (Å²) < 4.78 is 0. The molecule has 0 aliphatic heterocycles. The second-order valence-corrected chi connectivity index (χ2v) is 10.3. The van der Waals surface area contributed by atoms with Crippen LogP contribution in [0.4, 0.5) is 0 Å². The molecule has 1 fully saturated rings. The molecule has 2 aliphatic carbocycles. The van der Waals surface area contributed by atoms with E-state index in [1.807, 2.05) is 19.1 Å². The van der Waals surface area contributed by atoms with E-state index in [2.05, 4.69) is 61.5 Å². The summed E-state index contributed by atoms with van der Waals surface area (Å²) in [6.07, 6.45) is 3.19. The lowest BCUT2D eigenvalue weighted by Gasteiger charge is -2.50. The van der Waals surface area contributed by atoms with Crippen molar-refractivity contribution in [2.24, 2.45) is 11.8 Å². The minimum Gasteiger partial charge on any atom is -0.508 e. The number of phenolic OH excluding ortho intramolecular Hbond substituents is 1. The Bertz CT molecular complexity index is 1450. The Morgan fingerprint density at radius 3 is 2.39 bits per heavy atom. The van der Waals surface area contributed by atoms with Gasteiger partial charge in [0.15, 0.2) is 0 Å². The van der Waals surface area contributed by atoms with Crippen LogP contribution in [0, 0.1) is 18.8 Å². The van der Waals surface area contributed by atoms with Gasteiger partial charge in [0.25, 0.3) is 0 Å². The highest BCUT2D eigenvalue weighted by molar-refractivity contribution is 5.83. The number of Topliss-reactive ketones (excluding diaryl/α,β-unsaturated/α-hetero) is 1. The monoisotopic (exact) mass is 474 g/mol. The molecular weight excluding hydrogens is 444 g/mol. The van der Waals surface area contributed by atoms with Crippen LogP contribution in [0.1, 0.15) is 48.8 Å². The van der Waals surface area contributed by atoms with Crippen LogP contribution in [-0.4, -0.2) is 20.9 Å². The summed E-state index contributed by atoms with van der Waals surface area (Å²) in [6, 6.07) is 26.5. The van der Waals surface area contributed by atoms with Crippen LogP contribution < -0.4 is 0 Å². The number of aromatic hydroxyl groups is 1. The van der Waals surface area contributed by atoms with Crippen molar-refractivity contribution >= 4 is 5.78 Å². The number of hydrogen-bond donors (Lipinski definition) is 1. The van der Waals surface area contributed by atoms with Gasteiger partial charge < -0.3 is 5.11 Å². The SMILES string of the molecule is Cc1nc(-c2cccc(-c3ccc(O)cc3)c2)c2c(n1)[C@@]1(c3ccccc3)CCC(=O)[C@@H](C)[C@@H]1CC2. The van der Waals surface area contributed by atoms with Crippen LogP contribution in [0.5, 0.6) is 5.75 Å². The Hall–Kier alpha value is -3.79. The van der Waals surface area contributed by atoms with Crippen molar-refractivity contribution in [3.8, 4) is 28.1 Å². The standard InChI is InChI=1S/C32H30N2O2/c1-20-28-16-15-27-30(24-8-6-7-23(19-24)22-11-13-26(35)14-12-22)33-21(2)34-31(27)32(28,18-17-29(20)36)25-9-4-3-5-10-25/h3-14,19-20,28,35H,15-18H2,1-2H3/t20-,28-,32+/m0/s1. The molecule has 36 heavy (non-hydrogen) atoms. The van der Waals surface area contributed by atoms with Crippen molar-refractivity contribution in [2.75, 3.05) is 0 Å². The van der Waals surface area contributed by atoms with Gasteiger partial charge in [0.05, 0.1) is 11.4 Å². The first-order valence-corrected chi connectivity index (χ1v) is 12.8. The molecule has 4 nitrogen and oxygen atoms in total. The first-order chi connectivity index (χ1) is 17.5. The number of benzene rings is 3. The summed E-state index contributed by atoms with van der Waals surface area (Å²) in [4.78, 5) is 23.0. The molecule has 1 heterocycles. The van der Waals surface area contributed by atoms with Crippen LogP contribution in [-0.2, 0) is 16.6 Å². The van der Waals surface area contributed by atoms with Crippen LogP contribution >= 0.6 is 0 Å². The number of carbonyl (C=O) groups is 1. The lowest BCUT2D eigenvalue weighted by molar-refractivity contribution is -0.128. The van der Waals surface area contributed by atoms with Gasteiger partial charge >= 0.3 is 0 Å². The predicted octanol–water partition coefficient (Wildman–Crippen LogP) is 6.67. The second kappa shape index (κ2) is 8.70. The van der Waals surface area contributed by atoms with Crippen LogP contribution in [0.3, 0.4) is 0 Å². The van der Waals surface area contributed by atoms with Gasteiger partial charge in [-0.15, -0.1) is 0 Å². The topological polar surface area (TPSA) is 63.1 Å². The van der Waals surface area contributed by atoms with E-state index in [0.29, 0.717) is 12.2 Å². The Morgan fingerprint density at radius 2 is 1.61 bits per heavy atom. The van der Waals surface area contributed by atoms with Crippen molar-refractivity contribution in [1.29, 1.82) is 0 Å². The first-order valence-electron chi connectivity index (χ1n) is 12.8. The third-order valence-electron chi connectivity index (χ3n) is 8.38. The summed E-state index contributed by atoms with van der Waals surface area (Å²) in [5.74, 6) is 1.65. The van der Waals surface area contributed by atoms with E-state index >= 15 is 0 Å². The molecule has 6 rings (SSSR count). The first kappa shape index (κ1) is 22.7. The normalized spacial score (nSPS) is 23.1. The van der Waals surface area contributed by atoms with Crippen molar-refractivity contribution in [2.45, 2.75) is 44.9 Å². The van der Waals surface area contributed by atoms with E-state index in [0.717, 1.165) is 53.2 Å². The third-order valence-corrected chi connectivity index (χ3v) is 8.38. The second-order valence-electron chi connectivity index (χ2n) is 10.3. The maximum atomic E-state index is 12.8. The van der Waals surface area contributed by atoms with Crippen LogP contribution in [0.25, 0.3) is 22.4 Å². The number of carbonyl (C=O) groups excluding carboxylic acids is 1. The molecule has 3 atom stereocenters. The van der Waals surface area contributed by atoms with E-state index in [4.69, 9.17) is 9.97 Å². The van der Waals surface area contributed by atoms with Crippen molar-refractivity contribution in [1.82, 2.24) is 9.97 Å². The molecule has 0 amide bonds. The van der Waals surface area contributed by atoms with Crippen LogP contribution in [0.2, 0.25) is 0 Å². The zero-order valence-corrected chi connectivity index (χ0v) is 20.7. The molecule has 1 aromatic heterocycles. The van der Waals surface area contributed by atoms with Crippen LogP contribution in [0.15, 0.2) is 78.9 Å². The van der Waals surface area contributed by atoms with Gasteiger partial charge in [-0.05, 0) is 67.0 Å². The minimum atomic E-state index is -0.279. The van der Waals surface area contributed by atoms with Gasteiger partial charge in [-0.2, -0.15) is 0 Å². The molecule has 3 aromatic carbocycles. The molecule has 0 unspecified atom stereocenters. The fourth-order valence-electron chi connectivity index (χ4n) is 6.65. The molecule has 180 valence electrons. The van der Waals surface area contributed by atoms with Crippen molar-refractivity contribution in [3.63, 3.8) is 0 Å². The smallest absolute Gasteiger partial charge is 0.136 e. The molecule has 0 saturated heterocycles. The Labute approximate surface area is 212 Å². The molecule has 4 aromatic rings. The number of nitrogens with zero attached hydrogens (tertiary/aromatic N) is 2. The van der Waals surface area contributed by atoms with Gasteiger partial charge in [0, 0.05) is 28.9 Å². The highest BCUT2D eigenvalue weighted by atomic mass is 16.3.